The molecule has 0 saturated carbocycles. The number of aryl methyl sites for hydroxylation is 1. The van der Waals surface area contributed by atoms with Gasteiger partial charge in [0.25, 0.3) is 0 Å². The summed E-state index contributed by atoms with van der Waals surface area (Å²) in [7, 11) is 0. The standard InChI is InChI=1S/C20H20ClNO3/c1-3-15-13(2)22-18-12-19(17(21)11-16(18)20(15)23)25-10-9-24-14-7-5-4-6-8-14/h4-8,11-12H,3,9-10H2,1-2H3,(H,22,23). The Morgan fingerprint density at radius 1 is 1.08 bits per heavy atom. The molecule has 3 rings (SSSR count). The monoisotopic (exact) mass is 357 g/mol. The first-order valence-corrected chi connectivity index (χ1v) is 8.63. The number of para-hydroxylation sites is 1. The summed E-state index contributed by atoms with van der Waals surface area (Å²) in [5.74, 6) is 1.33. The minimum absolute atomic E-state index is 0.0228. The van der Waals surface area contributed by atoms with Crippen LogP contribution in [0.2, 0.25) is 5.02 Å². The second-order valence-electron chi connectivity index (χ2n) is 5.75. The number of pyridine rings is 1. The third-order valence-corrected chi connectivity index (χ3v) is 4.37. The maximum absolute atomic E-state index is 12.5. The predicted molar refractivity (Wildman–Crippen MR) is 101 cm³/mol. The van der Waals surface area contributed by atoms with Gasteiger partial charge in [0.2, 0.25) is 0 Å². The molecule has 25 heavy (non-hydrogen) atoms. The lowest BCUT2D eigenvalue weighted by Gasteiger charge is -2.12. The van der Waals surface area contributed by atoms with Crippen LogP contribution in [-0.2, 0) is 6.42 Å². The molecule has 5 heteroatoms. The molecule has 0 radical (unpaired) electrons. The Hall–Kier alpha value is -2.46. The highest BCUT2D eigenvalue weighted by Gasteiger charge is 2.11. The van der Waals surface area contributed by atoms with Gasteiger partial charge in [0, 0.05) is 22.7 Å². The molecule has 130 valence electrons. The van der Waals surface area contributed by atoms with Gasteiger partial charge in [-0.1, -0.05) is 36.7 Å². The van der Waals surface area contributed by atoms with Gasteiger partial charge in [0.15, 0.2) is 5.43 Å². The molecule has 0 aliphatic rings. The topological polar surface area (TPSA) is 51.3 Å². The number of fused-ring (bicyclic) bond motifs is 1. The molecular weight excluding hydrogens is 338 g/mol. The molecule has 0 aliphatic carbocycles. The van der Waals surface area contributed by atoms with E-state index < -0.39 is 0 Å². The molecule has 1 aromatic heterocycles. The molecule has 1 heterocycles. The molecule has 1 N–H and O–H groups in total. The zero-order valence-corrected chi connectivity index (χ0v) is 15.0. The van der Waals surface area contributed by atoms with Crippen LogP contribution in [-0.4, -0.2) is 18.2 Å². The smallest absolute Gasteiger partial charge is 0.192 e. The van der Waals surface area contributed by atoms with Crippen molar-refractivity contribution in [3.05, 3.63) is 69.0 Å². The molecule has 2 aromatic carbocycles. The van der Waals surface area contributed by atoms with Crippen molar-refractivity contribution in [2.75, 3.05) is 13.2 Å². The summed E-state index contributed by atoms with van der Waals surface area (Å²) in [6.07, 6.45) is 0.684. The van der Waals surface area contributed by atoms with Crippen molar-refractivity contribution < 1.29 is 9.47 Å². The number of rotatable bonds is 6. The maximum Gasteiger partial charge on any atom is 0.192 e. The summed E-state index contributed by atoms with van der Waals surface area (Å²) in [4.78, 5) is 15.8. The normalized spacial score (nSPS) is 10.8. The van der Waals surface area contributed by atoms with Gasteiger partial charge >= 0.3 is 0 Å². The Morgan fingerprint density at radius 2 is 1.80 bits per heavy atom. The van der Waals surface area contributed by atoms with Crippen LogP contribution in [0.25, 0.3) is 10.9 Å². The number of nitrogens with one attached hydrogen (secondary N) is 1. The van der Waals surface area contributed by atoms with Crippen molar-refractivity contribution in [3.63, 3.8) is 0 Å². The van der Waals surface area contributed by atoms with Crippen molar-refractivity contribution in [1.29, 1.82) is 0 Å². The summed E-state index contributed by atoms with van der Waals surface area (Å²) < 4.78 is 11.3. The fraction of sp³-hybridized carbons (Fsp3) is 0.250. The minimum atomic E-state index is 0.0228. The van der Waals surface area contributed by atoms with Crippen LogP contribution in [0, 0.1) is 6.92 Å². The lowest BCUT2D eigenvalue weighted by molar-refractivity contribution is 0.217. The van der Waals surface area contributed by atoms with Crippen LogP contribution in [0.5, 0.6) is 11.5 Å². The van der Waals surface area contributed by atoms with E-state index in [4.69, 9.17) is 21.1 Å². The van der Waals surface area contributed by atoms with Gasteiger partial charge in [-0.2, -0.15) is 0 Å². The predicted octanol–water partition coefficient (Wildman–Crippen LogP) is 4.51. The lowest BCUT2D eigenvalue weighted by atomic mass is 10.1. The zero-order valence-electron chi connectivity index (χ0n) is 14.3. The largest absolute Gasteiger partial charge is 0.490 e. The summed E-state index contributed by atoms with van der Waals surface area (Å²) in [5.41, 5.74) is 2.41. The molecule has 0 fully saturated rings. The number of ether oxygens (including phenoxy) is 2. The molecule has 0 unspecified atom stereocenters. The van der Waals surface area contributed by atoms with Gasteiger partial charge in [-0.3, -0.25) is 4.79 Å². The molecule has 3 aromatic rings. The number of halogens is 1. The fourth-order valence-electron chi connectivity index (χ4n) is 2.82. The van der Waals surface area contributed by atoms with Crippen LogP contribution in [0.15, 0.2) is 47.3 Å². The van der Waals surface area contributed by atoms with Crippen molar-refractivity contribution in [2.45, 2.75) is 20.3 Å². The number of aromatic nitrogens is 1. The average Bonchev–Trinajstić information content (AvgIpc) is 2.61. The fourth-order valence-corrected chi connectivity index (χ4v) is 3.04. The highest BCUT2D eigenvalue weighted by Crippen LogP contribution is 2.28. The lowest BCUT2D eigenvalue weighted by Crippen LogP contribution is -2.13. The molecule has 0 amide bonds. The minimum Gasteiger partial charge on any atom is -0.490 e. The summed E-state index contributed by atoms with van der Waals surface area (Å²) in [6.45, 7) is 4.64. The van der Waals surface area contributed by atoms with Crippen molar-refractivity contribution in [3.8, 4) is 11.5 Å². The van der Waals surface area contributed by atoms with Gasteiger partial charge in [0.1, 0.15) is 24.7 Å². The van der Waals surface area contributed by atoms with Gasteiger partial charge in [-0.05, 0) is 31.5 Å². The van der Waals surface area contributed by atoms with Gasteiger partial charge < -0.3 is 14.5 Å². The summed E-state index contributed by atoms with van der Waals surface area (Å²) in [6, 6.07) is 13.0. The first kappa shape index (κ1) is 17.4. The summed E-state index contributed by atoms with van der Waals surface area (Å²) in [5, 5.41) is 1.00. The summed E-state index contributed by atoms with van der Waals surface area (Å²) >= 11 is 6.29. The molecule has 4 nitrogen and oxygen atoms in total. The Balaban J connectivity index is 1.76. The van der Waals surface area contributed by atoms with Crippen LogP contribution in [0.1, 0.15) is 18.2 Å². The van der Waals surface area contributed by atoms with Gasteiger partial charge in [-0.25, -0.2) is 0 Å². The number of benzene rings is 2. The van der Waals surface area contributed by atoms with E-state index in [2.05, 4.69) is 4.98 Å². The second-order valence-corrected chi connectivity index (χ2v) is 6.16. The van der Waals surface area contributed by atoms with E-state index in [0.29, 0.717) is 35.8 Å². The first-order valence-electron chi connectivity index (χ1n) is 8.25. The van der Waals surface area contributed by atoms with E-state index in [9.17, 15) is 4.79 Å². The van der Waals surface area contributed by atoms with Crippen LogP contribution in [0.3, 0.4) is 0 Å². The number of aromatic amines is 1. The molecule has 0 aliphatic heterocycles. The molecule has 0 saturated heterocycles. The molecule has 0 atom stereocenters. The van der Waals surface area contributed by atoms with E-state index in [1.165, 1.54) is 0 Å². The Bertz CT molecular complexity index is 935. The molecule has 0 spiro atoms. The average molecular weight is 358 g/mol. The Labute approximate surface area is 151 Å². The Morgan fingerprint density at radius 3 is 2.52 bits per heavy atom. The van der Waals surface area contributed by atoms with Gasteiger partial charge in [-0.15, -0.1) is 0 Å². The number of hydrogen-bond acceptors (Lipinski definition) is 3. The van der Waals surface area contributed by atoms with E-state index >= 15 is 0 Å². The van der Waals surface area contributed by atoms with Gasteiger partial charge in [0.05, 0.1) is 10.5 Å². The highest BCUT2D eigenvalue weighted by molar-refractivity contribution is 6.32. The second kappa shape index (κ2) is 7.62. The number of H-pyrrole nitrogens is 1. The van der Waals surface area contributed by atoms with Crippen molar-refractivity contribution >= 4 is 22.5 Å². The highest BCUT2D eigenvalue weighted by atomic mass is 35.5. The van der Waals surface area contributed by atoms with E-state index in [0.717, 1.165) is 22.5 Å². The Kier molecular flexibility index (Phi) is 5.29. The van der Waals surface area contributed by atoms with E-state index in [1.54, 1.807) is 12.1 Å². The van der Waals surface area contributed by atoms with Crippen LogP contribution in [0.4, 0.5) is 0 Å². The first-order chi connectivity index (χ1) is 12.1. The van der Waals surface area contributed by atoms with Crippen LogP contribution < -0.4 is 14.9 Å². The van der Waals surface area contributed by atoms with E-state index in [1.807, 2.05) is 44.2 Å². The third-order valence-electron chi connectivity index (χ3n) is 4.07. The molecule has 0 bridgehead atoms. The quantitative estimate of drug-likeness (QED) is 0.660. The van der Waals surface area contributed by atoms with Crippen molar-refractivity contribution in [1.82, 2.24) is 4.98 Å². The van der Waals surface area contributed by atoms with Crippen molar-refractivity contribution in [2.24, 2.45) is 0 Å². The SMILES string of the molecule is CCc1c(C)[nH]c2cc(OCCOc3ccccc3)c(Cl)cc2c1=O. The molecular formula is C20H20ClNO3. The number of hydrogen-bond donors (Lipinski definition) is 1. The maximum atomic E-state index is 12.5. The van der Waals surface area contributed by atoms with Crippen LogP contribution >= 0.6 is 11.6 Å². The van der Waals surface area contributed by atoms with E-state index in [-0.39, 0.29) is 5.43 Å². The zero-order chi connectivity index (χ0) is 17.8. The third kappa shape index (κ3) is 3.80.